The molecule has 0 aromatic carbocycles. The highest BCUT2D eigenvalue weighted by molar-refractivity contribution is 5.87. The van der Waals surface area contributed by atoms with Gasteiger partial charge in [-0.25, -0.2) is 10.2 Å². The highest BCUT2D eigenvalue weighted by Gasteiger charge is 2.16. The summed E-state index contributed by atoms with van der Waals surface area (Å²) in [6.07, 6.45) is -0.522. The number of aliphatic carboxylic acids is 1. The quantitative estimate of drug-likeness (QED) is 0.312. The number of primary amides is 1. The SMILES string of the molecule is NC(=O)NNC(=O)[C@@H](N)CC(=O)O. The maximum Gasteiger partial charge on any atom is 0.330 e. The summed E-state index contributed by atoms with van der Waals surface area (Å²) in [7, 11) is 0. The summed E-state index contributed by atoms with van der Waals surface area (Å²) < 4.78 is 0. The molecule has 13 heavy (non-hydrogen) atoms. The molecule has 0 bridgehead atoms. The fourth-order valence-electron chi connectivity index (χ4n) is 0.497. The lowest BCUT2D eigenvalue weighted by atomic mass is 10.2. The second kappa shape index (κ2) is 4.93. The summed E-state index contributed by atoms with van der Waals surface area (Å²) >= 11 is 0. The predicted molar refractivity (Wildman–Crippen MR) is 41.1 cm³/mol. The molecule has 0 unspecified atom stereocenters. The van der Waals surface area contributed by atoms with Gasteiger partial charge in [0.2, 0.25) is 0 Å². The zero-order valence-corrected chi connectivity index (χ0v) is 6.61. The third kappa shape index (κ3) is 5.44. The van der Waals surface area contributed by atoms with Gasteiger partial charge in [0.05, 0.1) is 12.5 Å². The molecule has 0 aliphatic heterocycles. The van der Waals surface area contributed by atoms with Crippen LogP contribution in [0.2, 0.25) is 0 Å². The molecular weight excluding hydrogens is 180 g/mol. The number of amides is 3. The van der Waals surface area contributed by atoms with Crippen molar-refractivity contribution >= 4 is 17.9 Å². The molecule has 0 aromatic heterocycles. The van der Waals surface area contributed by atoms with Gasteiger partial charge >= 0.3 is 12.0 Å². The van der Waals surface area contributed by atoms with Gasteiger partial charge < -0.3 is 16.6 Å². The van der Waals surface area contributed by atoms with E-state index in [1.54, 1.807) is 5.43 Å². The van der Waals surface area contributed by atoms with Crippen LogP contribution in [0.4, 0.5) is 4.79 Å². The minimum atomic E-state index is -1.22. The number of hydrogen-bond donors (Lipinski definition) is 5. The largest absolute Gasteiger partial charge is 0.481 e. The smallest absolute Gasteiger partial charge is 0.330 e. The van der Waals surface area contributed by atoms with Gasteiger partial charge in [0, 0.05) is 0 Å². The van der Waals surface area contributed by atoms with Crippen molar-refractivity contribution in [2.24, 2.45) is 11.5 Å². The van der Waals surface area contributed by atoms with E-state index in [0.29, 0.717) is 0 Å². The molecule has 0 aromatic rings. The second-order valence-corrected chi connectivity index (χ2v) is 2.18. The van der Waals surface area contributed by atoms with Crippen molar-refractivity contribution in [1.29, 1.82) is 0 Å². The molecule has 1 atom stereocenters. The van der Waals surface area contributed by atoms with Crippen LogP contribution in [0.5, 0.6) is 0 Å². The number of nitrogens with one attached hydrogen (secondary N) is 2. The van der Waals surface area contributed by atoms with Crippen LogP contribution in [-0.2, 0) is 9.59 Å². The fourth-order valence-corrected chi connectivity index (χ4v) is 0.497. The molecule has 0 heterocycles. The van der Waals surface area contributed by atoms with E-state index in [4.69, 9.17) is 10.8 Å². The van der Waals surface area contributed by atoms with Gasteiger partial charge in [-0.15, -0.1) is 0 Å². The zero-order chi connectivity index (χ0) is 10.4. The number of carboxylic acids is 1. The summed E-state index contributed by atoms with van der Waals surface area (Å²) in [6.45, 7) is 0. The Bertz CT molecular complexity index is 229. The lowest BCUT2D eigenvalue weighted by Gasteiger charge is -2.09. The Balaban J connectivity index is 3.82. The molecule has 0 aliphatic carbocycles. The zero-order valence-electron chi connectivity index (χ0n) is 6.61. The number of nitrogens with two attached hydrogens (primary N) is 2. The fraction of sp³-hybridized carbons (Fsp3) is 0.400. The van der Waals surface area contributed by atoms with Gasteiger partial charge in [0.15, 0.2) is 0 Å². The highest BCUT2D eigenvalue weighted by atomic mass is 16.4. The van der Waals surface area contributed by atoms with E-state index in [9.17, 15) is 14.4 Å². The van der Waals surface area contributed by atoms with E-state index in [1.165, 1.54) is 0 Å². The minimum Gasteiger partial charge on any atom is -0.481 e. The van der Waals surface area contributed by atoms with E-state index >= 15 is 0 Å². The Labute approximate surface area is 73.2 Å². The third-order valence-electron chi connectivity index (χ3n) is 1.04. The first-order chi connectivity index (χ1) is 5.93. The molecule has 7 N–H and O–H groups in total. The Morgan fingerprint density at radius 2 is 1.85 bits per heavy atom. The van der Waals surface area contributed by atoms with E-state index in [0.717, 1.165) is 0 Å². The lowest BCUT2D eigenvalue weighted by molar-refractivity contribution is -0.139. The van der Waals surface area contributed by atoms with Gasteiger partial charge in [-0.2, -0.15) is 0 Å². The summed E-state index contributed by atoms with van der Waals surface area (Å²) in [6, 6.07) is -2.18. The van der Waals surface area contributed by atoms with Crippen LogP contribution in [0, 0.1) is 0 Å². The first-order valence-electron chi connectivity index (χ1n) is 3.26. The van der Waals surface area contributed by atoms with Gasteiger partial charge in [-0.3, -0.25) is 15.0 Å². The number of hydrogen-bond acceptors (Lipinski definition) is 4. The number of rotatable bonds is 3. The number of urea groups is 1. The Hall–Kier alpha value is -1.83. The van der Waals surface area contributed by atoms with Crippen molar-refractivity contribution < 1.29 is 19.5 Å². The Kier molecular flexibility index (Phi) is 4.24. The van der Waals surface area contributed by atoms with Crippen LogP contribution in [0.1, 0.15) is 6.42 Å². The standard InChI is InChI=1S/C5H10N4O4/c6-2(1-3(10)11)4(12)8-9-5(7)13/h2H,1,6H2,(H,8,12)(H,10,11)(H3,7,9,13)/t2-/m0/s1. The molecule has 0 saturated carbocycles. The number of carbonyl (C=O) groups is 3. The maximum atomic E-state index is 10.8. The molecule has 0 rings (SSSR count). The van der Waals surface area contributed by atoms with Crippen LogP contribution in [-0.4, -0.2) is 29.1 Å². The molecule has 3 amide bonds. The van der Waals surface area contributed by atoms with Gasteiger partial charge in [0.25, 0.3) is 5.91 Å². The Morgan fingerprint density at radius 3 is 2.23 bits per heavy atom. The molecule has 8 nitrogen and oxygen atoms in total. The number of carboxylic acid groups (broad SMARTS) is 1. The van der Waals surface area contributed by atoms with E-state index in [-0.39, 0.29) is 0 Å². The Morgan fingerprint density at radius 1 is 1.31 bits per heavy atom. The molecule has 74 valence electrons. The van der Waals surface area contributed by atoms with Crippen molar-refractivity contribution in [3.8, 4) is 0 Å². The molecule has 0 saturated heterocycles. The summed E-state index contributed by atoms with van der Waals surface area (Å²) in [4.78, 5) is 31.0. The molecule has 8 heteroatoms. The van der Waals surface area contributed by atoms with Crippen molar-refractivity contribution in [2.45, 2.75) is 12.5 Å². The highest BCUT2D eigenvalue weighted by Crippen LogP contribution is 1.86. The molecule has 0 radical (unpaired) electrons. The summed E-state index contributed by atoms with van der Waals surface area (Å²) in [5.74, 6) is -2.03. The van der Waals surface area contributed by atoms with Crippen molar-refractivity contribution in [1.82, 2.24) is 10.9 Å². The lowest BCUT2D eigenvalue weighted by Crippen LogP contribution is -2.51. The van der Waals surface area contributed by atoms with Crippen LogP contribution < -0.4 is 22.3 Å². The molecule has 0 aliphatic rings. The monoisotopic (exact) mass is 190 g/mol. The van der Waals surface area contributed by atoms with Gasteiger partial charge in [-0.05, 0) is 0 Å². The van der Waals surface area contributed by atoms with Crippen molar-refractivity contribution in [3.63, 3.8) is 0 Å². The van der Waals surface area contributed by atoms with Crippen LogP contribution >= 0.6 is 0 Å². The van der Waals surface area contributed by atoms with Crippen molar-refractivity contribution in [2.75, 3.05) is 0 Å². The van der Waals surface area contributed by atoms with E-state index < -0.39 is 30.4 Å². The molecule has 0 fully saturated rings. The van der Waals surface area contributed by atoms with E-state index in [2.05, 4.69) is 5.73 Å². The normalized spacial score (nSPS) is 11.5. The topological polar surface area (TPSA) is 148 Å². The summed E-state index contributed by atoms with van der Waals surface area (Å²) in [5, 5.41) is 8.24. The average Bonchev–Trinajstić information content (AvgIpc) is 1.98. The minimum absolute atomic E-state index is 0.522. The number of carbonyl (C=O) groups excluding carboxylic acids is 2. The second-order valence-electron chi connectivity index (χ2n) is 2.18. The first-order valence-corrected chi connectivity index (χ1v) is 3.26. The van der Waals surface area contributed by atoms with E-state index in [1.807, 2.05) is 5.43 Å². The molecular formula is C5H10N4O4. The first kappa shape index (κ1) is 11.2. The van der Waals surface area contributed by atoms with Crippen LogP contribution in [0.25, 0.3) is 0 Å². The van der Waals surface area contributed by atoms with Gasteiger partial charge in [0.1, 0.15) is 0 Å². The number of hydrazine groups is 1. The van der Waals surface area contributed by atoms with Crippen LogP contribution in [0.3, 0.4) is 0 Å². The molecule has 0 spiro atoms. The maximum absolute atomic E-state index is 10.8. The average molecular weight is 190 g/mol. The van der Waals surface area contributed by atoms with Gasteiger partial charge in [-0.1, -0.05) is 0 Å². The van der Waals surface area contributed by atoms with Crippen molar-refractivity contribution in [3.05, 3.63) is 0 Å². The third-order valence-corrected chi connectivity index (χ3v) is 1.04. The predicted octanol–water partition coefficient (Wildman–Crippen LogP) is -2.51. The summed E-state index contributed by atoms with van der Waals surface area (Å²) in [5.41, 5.74) is 13.3. The van der Waals surface area contributed by atoms with Crippen LogP contribution in [0.15, 0.2) is 0 Å².